The molecule has 1 aliphatic carbocycles. The number of ether oxygens (including phenoxy) is 3. The molecule has 6 rings (SSSR count). The number of nitriles is 1. The fourth-order valence-electron chi connectivity index (χ4n) is 7.11. The molecule has 286 valence electrons. The van der Waals surface area contributed by atoms with Crippen LogP contribution in [0.4, 0.5) is 10.5 Å². The summed E-state index contributed by atoms with van der Waals surface area (Å²) in [6.07, 6.45) is 3.84. The second kappa shape index (κ2) is 15.9. The first-order valence-electron chi connectivity index (χ1n) is 18.3. The predicted molar refractivity (Wildman–Crippen MR) is 209 cm³/mol. The Morgan fingerprint density at radius 2 is 1.69 bits per heavy atom. The van der Waals surface area contributed by atoms with Crippen LogP contribution in [0.1, 0.15) is 106 Å². The van der Waals surface area contributed by atoms with Crippen LogP contribution in [-0.4, -0.2) is 53.7 Å². The Balaban J connectivity index is 1.39. The van der Waals surface area contributed by atoms with Crippen molar-refractivity contribution in [2.24, 2.45) is 0 Å². The van der Waals surface area contributed by atoms with Crippen LogP contribution in [0.25, 0.3) is 21.6 Å². The number of benzene rings is 2. The van der Waals surface area contributed by atoms with Crippen molar-refractivity contribution in [1.82, 2.24) is 15.6 Å². The van der Waals surface area contributed by atoms with Gasteiger partial charge in [0.05, 0.1) is 19.8 Å². The topological polar surface area (TPSA) is 169 Å². The summed E-state index contributed by atoms with van der Waals surface area (Å²) in [5.41, 5.74) is 3.80. The first kappa shape index (κ1) is 39.0. The molecule has 0 spiro atoms. The number of amides is 3. The van der Waals surface area contributed by atoms with E-state index >= 15 is 0 Å². The van der Waals surface area contributed by atoms with E-state index in [-0.39, 0.29) is 29.1 Å². The summed E-state index contributed by atoms with van der Waals surface area (Å²) in [7, 11) is 1.22. The lowest BCUT2D eigenvalue weighted by atomic mass is 9.83. The van der Waals surface area contributed by atoms with Crippen LogP contribution < -0.4 is 20.7 Å². The average molecular weight is 764 g/mol. The van der Waals surface area contributed by atoms with Crippen molar-refractivity contribution in [3.63, 3.8) is 0 Å². The minimum Gasteiger partial charge on any atom is -0.493 e. The van der Waals surface area contributed by atoms with Crippen molar-refractivity contribution in [1.29, 1.82) is 5.26 Å². The lowest BCUT2D eigenvalue weighted by Gasteiger charge is -2.31. The smallest absolute Gasteiger partial charge is 0.407 e. The van der Waals surface area contributed by atoms with E-state index < -0.39 is 35.0 Å². The molecule has 0 saturated heterocycles. The van der Waals surface area contributed by atoms with Crippen LogP contribution in [0.3, 0.4) is 0 Å². The summed E-state index contributed by atoms with van der Waals surface area (Å²) in [6, 6.07) is 14.7. The third kappa shape index (κ3) is 8.65. The molecule has 0 unspecified atom stereocenters. The van der Waals surface area contributed by atoms with Gasteiger partial charge in [0.15, 0.2) is 5.69 Å². The Hall–Kier alpha value is -5.74. The number of hydrogen-bond acceptors (Lipinski definition) is 10. The van der Waals surface area contributed by atoms with Crippen LogP contribution in [0, 0.1) is 25.2 Å². The number of thiophene rings is 1. The van der Waals surface area contributed by atoms with Crippen LogP contribution in [0.5, 0.6) is 5.75 Å². The molecule has 3 heterocycles. The van der Waals surface area contributed by atoms with Gasteiger partial charge in [0.2, 0.25) is 0 Å². The third-order valence-electron chi connectivity index (χ3n) is 9.72. The van der Waals surface area contributed by atoms with Gasteiger partial charge in [0.1, 0.15) is 22.6 Å². The average Bonchev–Trinajstić information content (AvgIpc) is 3.55. The molecule has 12 nitrogen and oxygen atoms in total. The molecule has 0 radical (unpaired) electrons. The van der Waals surface area contributed by atoms with Crippen molar-refractivity contribution in [3.8, 4) is 33.4 Å². The lowest BCUT2D eigenvalue weighted by Crippen LogP contribution is -2.48. The van der Waals surface area contributed by atoms with Gasteiger partial charge in [-0.2, -0.15) is 5.26 Å². The molecule has 2 aromatic heterocycles. The number of aromatic nitrogens is 1. The molecule has 1 saturated carbocycles. The Kier molecular flexibility index (Phi) is 11.3. The first-order chi connectivity index (χ1) is 26.2. The number of carbonyl (C=O) groups excluding carboxylic acids is 4. The minimum absolute atomic E-state index is 0.0583. The number of pyridine rings is 1. The van der Waals surface area contributed by atoms with Crippen molar-refractivity contribution in [2.75, 3.05) is 19.0 Å². The highest BCUT2D eigenvalue weighted by molar-refractivity contribution is 7.13. The number of aryl methyl sites for hydroxylation is 2. The summed E-state index contributed by atoms with van der Waals surface area (Å²) in [6.45, 7) is 9.78. The highest BCUT2D eigenvalue weighted by Gasteiger charge is 2.35. The molecule has 4 aromatic rings. The maximum atomic E-state index is 14.5. The summed E-state index contributed by atoms with van der Waals surface area (Å²) in [5, 5.41) is 20.7. The monoisotopic (exact) mass is 763 g/mol. The predicted octanol–water partition coefficient (Wildman–Crippen LogP) is 8.05. The van der Waals surface area contributed by atoms with E-state index in [2.05, 4.69) is 27.0 Å². The van der Waals surface area contributed by atoms with E-state index in [0.717, 1.165) is 52.0 Å². The van der Waals surface area contributed by atoms with Gasteiger partial charge in [0.25, 0.3) is 11.8 Å². The molecule has 0 bridgehead atoms. The van der Waals surface area contributed by atoms with Gasteiger partial charge in [-0.25, -0.2) is 14.6 Å². The molecule has 2 aliphatic rings. The second-order valence-electron chi connectivity index (χ2n) is 15.0. The van der Waals surface area contributed by atoms with Crippen LogP contribution in [0.15, 0.2) is 47.8 Å². The number of esters is 1. The van der Waals surface area contributed by atoms with Crippen LogP contribution >= 0.6 is 11.3 Å². The Bertz CT molecular complexity index is 2180. The maximum Gasteiger partial charge on any atom is 0.407 e. The largest absolute Gasteiger partial charge is 0.493 e. The SMILES string of the molecule is COC(=O)c1nc(C(=O)NC2(C#N)CCCCC2)ccc1-c1cc2c(cc1C(=O)Nc1c(C)cc(CNC(=O)OC(C)(C)C)cc1C)-c1sccc1CCO2. The van der Waals surface area contributed by atoms with E-state index in [1.54, 1.807) is 50.3 Å². The minimum atomic E-state index is -1.01. The fraction of sp³-hybridized carbons (Fsp3) is 0.381. The molecule has 1 aliphatic heterocycles. The van der Waals surface area contributed by atoms with Gasteiger partial charge in [-0.15, -0.1) is 11.3 Å². The fourth-order valence-corrected chi connectivity index (χ4v) is 8.08. The third-order valence-corrected chi connectivity index (χ3v) is 10.7. The van der Waals surface area contributed by atoms with Crippen molar-refractivity contribution in [3.05, 3.63) is 87.0 Å². The van der Waals surface area contributed by atoms with Crippen molar-refractivity contribution in [2.45, 2.75) is 90.8 Å². The number of anilines is 1. The number of hydrogen-bond donors (Lipinski definition) is 3. The molecule has 13 heteroatoms. The van der Waals surface area contributed by atoms with Gasteiger partial charge < -0.3 is 30.2 Å². The summed E-state index contributed by atoms with van der Waals surface area (Å²) in [4.78, 5) is 59.2. The Labute approximate surface area is 324 Å². The number of methoxy groups -OCH3 is 1. The van der Waals surface area contributed by atoms with E-state index in [4.69, 9.17) is 14.2 Å². The number of alkyl carbamates (subject to hydrolysis) is 1. The number of nitrogens with one attached hydrogen (secondary N) is 3. The van der Waals surface area contributed by atoms with E-state index in [1.807, 2.05) is 37.4 Å². The number of fused-ring (bicyclic) bond motifs is 3. The van der Waals surface area contributed by atoms with Gasteiger partial charge in [-0.1, -0.05) is 31.4 Å². The highest BCUT2D eigenvalue weighted by Crippen LogP contribution is 2.43. The first-order valence-corrected chi connectivity index (χ1v) is 19.2. The van der Waals surface area contributed by atoms with Crippen molar-refractivity contribution >= 4 is 40.9 Å². The normalized spacial score (nSPS) is 14.5. The number of nitrogens with zero attached hydrogens (tertiary/aromatic N) is 2. The number of rotatable bonds is 8. The molecular weight excluding hydrogens is 719 g/mol. The molecule has 1 fully saturated rings. The lowest BCUT2D eigenvalue weighted by molar-refractivity contribution is 0.0521. The second-order valence-corrected chi connectivity index (χ2v) is 15.9. The Morgan fingerprint density at radius 1 is 0.964 bits per heavy atom. The van der Waals surface area contributed by atoms with Gasteiger partial charge >= 0.3 is 12.1 Å². The Morgan fingerprint density at radius 3 is 2.36 bits per heavy atom. The maximum absolute atomic E-state index is 14.5. The number of carbonyl (C=O) groups is 4. The molecule has 0 atom stereocenters. The van der Waals surface area contributed by atoms with Crippen molar-refractivity contribution < 1.29 is 33.4 Å². The molecule has 3 amide bonds. The van der Waals surface area contributed by atoms with E-state index in [0.29, 0.717) is 42.9 Å². The van der Waals surface area contributed by atoms with Gasteiger partial charge in [0, 0.05) is 45.8 Å². The van der Waals surface area contributed by atoms with Crippen LogP contribution in [-0.2, 0) is 22.4 Å². The van der Waals surface area contributed by atoms with Gasteiger partial charge in [-0.3, -0.25) is 9.59 Å². The van der Waals surface area contributed by atoms with Crippen LogP contribution in [0.2, 0.25) is 0 Å². The molecule has 3 N–H and O–H groups in total. The molecular formula is C42H45N5O7S. The summed E-state index contributed by atoms with van der Waals surface area (Å²) in [5.74, 6) is -1.30. The van der Waals surface area contributed by atoms with E-state index in [9.17, 15) is 24.4 Å². The highest BCUT2D eigenvalue weighted by atomic mass is 32.1. The molecule has 2 aromatic carbocycles. The summed E-state index contributed by atoms with van der Waals surface area (Å²) >= 11 is 1.55. The van der Waals surface area contributed by atoms with E-state index in [1.165, 1.54) is 13.2 Å². The molecule has 55 heavy (non-hydrogen) atoms. The zero-order valence-electron chi connectivity index (χ0n) is 31.9. The quantitative estimate of drug-likeness (QED) is 0.150. The standard InChI is InChI=1S/C42H45N5O7S/c1-24-18-26(22-44-40(51)54-41(3,4)5)19-25(2)34(24)46-37(48)30-20-31-33(53-16-12-27-13-17-55-36(27)31)21-29(30)28-10-11-32(45-35(28)39(50)52-6)38(49)47-42(23-43)14-8-7-9-15-42/h10-11,13,17-21H,7-9,12,14-16,22H2,1-6H3,(H,44,51)(H,46,48)(H,47,49). The van der Waals surface area contributed by atoms with Gasteiger partial charge in [-0.05, 0) is 105 Å². The summed E-state index contributed by atoms with van der Waals surface area (Å²) < 4.78 is 16.7. The zero-order chi connectivity index (χ0) is 39.5. The zero-order valence-corrected chi connectivity index (χ0v) is 32.8.